The molecular formula is C19H19IN2O3. The van der Waals surface area contributed by atoms with Gasteiger partial charge in [-0.1, -0.05) is 0 Å². The Hall–Kier alpha value is -2.09. The minimum Gasteiger partial charge on any atom is -0.497 e. The zero-order valence-corrected chi connectivity index (χ0v) is 16.1. The summed E-state index contributed by atoms with van der Waals surface area (Å²) in [7, 11) is 1.60. The van der Waals surface area contributed by atoms with Crippen molar-refractivity contribution in [2.24, 2.45) is 0 Å². The van der Waals surface area contributed by atoms with Crippen molar-refractivity contribution in [3.8, 4) is 5.75 Å². The second-order valence-corrected chi connectivity index (χ2v) is 7.07. The Labute approximate surface area is 160 Å². The molecule has 2 aromatic carbocycles. The maximum Gasteiger partial charge on any atom is 0.253 e. The molecule has 1 heterocycles. The summed E-state index contributed by atoms with van der Waals surface area (Å²) < 4.78 is 6.22. The quantitative estimate of drug-likeness (QED) is 0.676. The first-order chi connectivity index (χ1) is 12.1. The summed E-state index contributed by atoms with van der Waals surface area (Å²) in [4.78, 5) is 28.7. The zero-order chi connectivity index (χ0) is 17.8. The number of benzene rings is 2. The van der Waals surface area contributed by atoms with Crippen molar-refractivity contribution in [3.05, 3.63) is 63.2 Å². The van der Waals surface area contributed by atoms with Crippen molar-refractivity contribution in [2.75, 3.05) is 33.3 Å². The van der Waals surface area contributed by atoms with Gasteiger partial charge in [-0.15, -0.1) is 0 Å². The fourth-order valence-corrected chi connectivity index (χ4v) is 3.16. The van der Waals surface area contributed by atoms with E-state index in [2.05, 4.69) is 22.6 Å². The Morgan fingerprint density at radius 1 is 0.800 bits per heavy atom. The summed E-state index contributed by atoms with van der Waals surface area (Å²) in [5.41, 5.74) is 1.33. The number of ether oxygens (including phenoxy) is 1. The van der Waals surface area contributed by atoms with Gasteiger partial charge in [-0.2, -0.15) is 0 Å². The highest BCUT2D eigenvalue weighted by Crippen LogP contribution is 2.16. The summed E-state index contributed by atoms with van der Waals surface area (Å²) in [5.74, 6) is 0.737. The Morgan fingerprint density at radius 3 is 1.60 bits per heavy atom. The third-order valence-electron chi connectivity index (χ3n) is 4.28. The van der Waals surface area contributed by atoms with Gasteiger partial charge in [-0.3, -0.25) is 9.59 Å². The number of halogens is 1. The molecule has 0 unspecified atom stereocenters. The lowest BCUT2D eigenvalue weighted by Crippen LogP contribution is -2.50. The Morgan fingerprint density at radius 2 is 1.20 bits per heavy atom. The second kappa shape index (κ2) is 7.86. The number of rotatable bonds is 3. The molecule has 1 aliphatic rings. The van der Waals surface area contributed by atoms with Crippen molar-refractivity contribution in [1.82, 2.24) is 9.80 Å². The molecule has 5 nitrogen and oxygen atoms in total. The highest BCUT2D eigenvalue weighted by Gasteiger charge is 2.25. The van der Waals surface area contributed by atoms with Crippen molar-refractivity contribution >= 4 is 34.4 Å². The topological polar surface area (TPSA) is 49.9 Å². The molecule has 0 spiro atoms. The Balaban J connectivity index is 1.60. The van der Waals surface area contributed by atoms with Crippen molar-refractivity contribution in [3.63, 3.8) is 0 Å². The van der Waals surface area contributed by atoms with E-state index in [4.69, 9.17) is 4.74 Å². The highest BCUT2D eigenvalue weighted by molar-refractivity contribution is 14.1. The molecule has 0 radical (unpaired) electrons. The lowest BCUT2D eigenvalue weighted by molar-refractivity contribution is 0.0535. The van der Waals surface area contributed by atoms with Gasteiger partial charge in [0, 0.05) is 40.9 Å². The first kappa shape index (κ1) is 17.7. The zero-order valence-electron chi connectivity index (χ0n) is 13.9. The van der Waals surface area contributed by atoms with E-state index in [1.807, 2.05) is 24.3 Å². The van der Waals surface area contributed by atoms with Gasteiger partial charge in [0.1, 0.15) is 5.75 Å². The molecule has 0 N–H and O–H groups in total. The number of nitrogens with zero attached hydrogens (tertiary/aromatic N) is 2. The van der Waals surface area contributed by atoms with Crippen LogP contribution in [0.5, 0.6) is 5.75 Å². The van der Waals surface area contributed by atoms with E-state index in [1.54, 1.807) is 41.2 Å². The molecule has 6 heteroatoms. The number of carbonyl (C=O) groups excluding carboxylic acids is 2. The minimum atomic E-state index is -0.0102. The van der Waals surface area contributed by atoms with Crippen molar-refractivity contribution in [2.45, 2.75) is 0 Å². The van der Waals surface area contributed by atoms with E-state index >= 15 is 0 Å². The second-order valence-electron chi connectivity index (χ2n) is 5.82. The van der Waals surface area contributed by atoms with Crippen LogP contribution in [0.1, 0.15) is 20.7 Å². The van der Waals surface area contributed by atoms with Crippen LogP contribution >= 0.6 is 22.6 Å². The SMILES string of the molecule is COc1ccc(C(=O)N2CCN(C(=O)c3ccc(I)cc3)CC2)cc1. The van der Waals surface area contributed by atoms with Crippen LogP contribution in [0.4, 0.5) is 0 Å². The molecule has 1 aliphatic heterocycles. The molecule has 0 saturated carbocycles. The van der Waals surface area contributed by atoms with E-state index in [9.17, 15) is 9.59 Å². The molecule has 0 bridgehead atoms. The number of carbonyl (C=O) groups is 2. The number of methoxy groups -OCH3 is 1. The maximum absolute atomic E-state index is 12.6. The Kier molecular flexibility index (Phi) is 5.57. The van der Waals surface area contributed by atoms with Crippen LogP contribution in [0.2, 0.25) is 0 Å². The third-order valence-corrected chi connectivity index (χ3v) is 5.00. The number of hydrogen-bond donors (Lipinski definition) is 0. The summed E-state index contributed by atoms with van der Waals surface area (Å²) in [6, 6.07) is 14.6. The molecule has 1 fully saturated rings. The Bertz CT molecular complexity index is 751. The van der Waals surface area contributed by atoms with Crippen LogP contribution in [-0.2, 0) is 0 Å². The van der Waals surface area contributed by atoms with E-state index in [1.165, 1.54) is 0 Å². The van der Waals surface area contributed by atoms with Gasteiger partial charge in [0.2, 0.25) is 0 Å². The van der Waals surface area contributed by atoms with Gasteiger partial charge in [-0.25, -0.2) is 0 Å². The summed E-state index contributed by atoms with van der Waals surface area (Å²) in [5, 5.41) is 0. The first-order valence-corrected chi connectivity index (χ1v) is 9.14. The molecule has 0 aliphatic carbocycles. The van der Waals surface area contributed by atoms with Gasteiger partial charge in [0.25, 0.3) is 11.8 Å². The lowest BCUT2D eigenvalue weighted by Gasteiger charge is -2.35. The van der Waals surface area contributed by atoms with Crippen LogP contribution < -0.4 is 4.74 Å². The fourth-order valence-electron chi connectivity index (χ4n) is 2.80. The van der Waals surface area contributed by atoms with E-state index < -0.39 is 0 Å². The first-order valence-electron chi connectivity index (χ1n) is 8.06. The van der Waals surface area contributed by atoms with Gasteiger partial charge < -0.3 is 14.5 Å². The summed E-state index contributed by atoms with van der Waals surface area (Å²) in [6.45, 7) is 2.18. The molecule has 3 rings (SSSR count). The molecule has 0 atom stereocenters. The van der Waals surface area contributed by atoms with Crippen LogP contribution in [0.25, 0.3) is 0 Å². The third kappa shape index (κ3) is 4.12. The largest absolute Gasteiger partial charge is 0.497 e. The number of hydrogen-bond acceptors (Lipinski definition) is 3. The van der Waals surface area contributed by atoms with E-state index in [-0.39, 0.29) is 11.8 Å². The van der Waals surface area contributed by atoms with Crippen molar-refractivity contribution < 1.29 is 14.3 Å². The lowest BCUT2D eigenvalue weighted by atomic mass is 10.1. The molecule has 1 saturated heterocycles. The molecule has 2 aromatic rings. The maximum atomic E-state index is 12.6. The average Bonchev–Trinajstić information content (AvgIpc) is 2.67. The predicted molar refractivity (Wildman–Crippen MR) is 104 cm³/mol. The normalized spacial score (nSPS) is 14.3. The van der Waals surface area contributed by atoms with Crippen LogP contribution in [0.3, 0.4) is 0 Å². The van der Waals surface area contributed by atoms with Crippen LogP contribution in [-0.4, -0.2) is 54.9 Å². The van der Waals surface area contributed by atoms with Crippen LogP contribution in [0.15, 0.2) is 48.5 Å². The monoisotopic (exact) mass is 450 g/mol. The van der Waals surface area contributed by atoms with E-state index in [0.717, 1.165) is 9.32 Å². The van der Waals surface area contributed by atoms with Crippen LogP contribution in [0, 0.1) is 3.57 Å². The van der Waals surface area contributed by atoms with Gasteiger partial charge in [0.05, 0.1) is 7.11 Å². The molecule has 130 valence electrons. The fraction of sp³-hybridized carbons (Fsp3) is 0.263. The van der Waals surface area contributed by atoms with Crippen molar-refractivity contribution in [1.29, 1.82) is 0 Å². The number of amides is 2. The van der Waals surface area contributed by atoms with Gasteiger partial charge in [-0.05, 0) is 71.1 Å². The smallest absolute Gasteiger partial charge is 0.253 e. The summed E-state index contributed by atoms with van der Waals surface area (Å²) >= 11 is 2.22. The average molecular weight is 450 g/mol. The van der Waals surface area contributed by atoms with Gasteiger partial charge in [0.15, 0.2) is 0 Å². The molecule has 2 amide bonds. The van der Waals surface area contributed by atoms with Gasteiger partial charge >= 0.3 is 0 Å². The molecule has 0 aromatic heterocycles. The number of piperazine rings is 1. The highest BCUT2D eigenvalue weighted by atomic mass is 127. The standard InChI is InChI=1S/C19H19IN2O3/c1-25-17-8-4-15(5-9-17)19(24)22-12-10-21(11-13-22)18(23)14-2-6-16(20)7-3-14/h2-9H,10-13H2,1H3. The van der Waals surface area contributed by atoms with E-state index in [0.29, 0.717) is 37.3 Å². The predicted octanol–water partition coefficient (Wildman–Crippen LogP) is 2.90. The summed E-state index contributed by atoms with van der Waals surface area (Å²) in [6.07, 6.45) is 0. The molecule has 25 heavy (non-hydrogen) atoms. The minimum absolute atomic E-state index is 0.0102. The molecular weight excluding hydrogens is 431 g/mol.